The first-order valence-corrected chi connectivity index (χ1v) is 7.87. The lowest BCUT2D eigenvalue weighted by molar-refractivity contribution is 0.0466. The van der Waals surface area contributed by atoms with Gasteiger partial charge in [0.1, 0.15) is 12.4 Å². The van der Waals surface area contributed by atoms with Crippen LogP contribution in [0.4, 0.5) is 0 Å². The summed E-state index contributed by atoms with van der Waals surface area (Å²) in [5.74, 6) is 0.246. The number of carbonyl (C=O) groups is 1. The number of aromatic nitrogens is 3. The van der Waals surface area contributed by atoms with E-state index in [4.69, 9.17) is 4.74 Å². The molecule has 0 aliphatic rings. The summed E-state index contributed by atoms with van der Waals surface area (Å²) in [7, 11) is 0. The Kier molecular flexibility index (Phi) is 3.38. The van der Waals surface area contributed by atoms with Gasteiger partial charge in [0.25, 0.3) is 0 Å². The van der Waals surface area contributed by atoms with E-state index in [1.165, 1.54) is 0 Å². The molecule has 0 aliphatic heterocycles. The van der Waals surface area contributed by atoms with E-state index in [0.29, 0.717) is 11.4 Å². The number of carbonyl (C=O) groups excluding carboxylic acids is 1. The van der Waals surface area contributed by atoms with Gasteiger partial charge in [0.15, 0.2) is 0 Å². The summed E-state index contributed by atoms with van der Waals surface area (Å²) in [4.78, 5) is 22.9. The largest absolute Gasteiger partial charge is 0.454 e. The monoisotopic (exact) mass is 369 g/mol. The molecule has 2 aromatic carbocycles. The molecule has 23 heavy (non-hydrogen) atoms. The SMILES string of the molecule is O=C(OCc1nc2ccccc2[nH]1)c1c[nH]c2ccc(Br)cc12. The Morgan fingerprint density at radius 2 is 2.04 bits per heavy atom. The summed E-state index contributed by atoms with van der Waals surface area (Å²) >= 11 is 3.41. The van der Waals surface area contributed by atoms with Crippen molar-refractivity contribution >= 4 is 43.8 Å². The van der Waals surface area contributed by atoms with Crippen molar-refractivity contribution in [2.45, 2.75) is 6.61 Å². The normalized spacial score (nSPS) is 11.2. The van der Waals surface area contributed by atoms with Gasteiger partial charge in [-0.1, -0.05) is 28.1 Å². The fourth-order valence-electron chi connectivity index (χ4n) is 2.55. The Bertz CT molecular complexity index is 986. The molecule has 4 rings (SSSR count). The molecule has 0 aliphatic carbocycles. The van der Waals surface area contributed by atoms with Crippen LogP contribution in [0.2, 0.25) is 0 Å². The molecular weight excluding hydrogens is 358 g/mol. The first-order valence-electron chi connectivity index (χ1n) is 7.08. The van der Waals surface area contributed by atoms with Crippen LogP contribution in [0.15, 0.2) is 53.1 Å². The average molecular weight is 370 g/mol. The number of nitrogens with zero attached hydrogens (tertiary/aromatic N) is 1. The predicted molar refractivity (Wildman–Crippen MR) is 91.2 cm³/mol. The number of hydrogen-bond donors (Lipinski definition) is 2. The Hall–Kier alpha value is -2.60. The number of ether oxygens (including phenoxy) is 1. The predicted octanol–water partition coefficient (Wildman–Crippen LogP) is 4.16. The Balaban J connectivity index is 1.56. The topological polar surface area (TPSA) is 70.8 Å². The maximum Gasteiger partial charge on any atom is 0.340 e. The number of H-pyrrole nitrogens is 2. The molecule has 5 nitrogen and oxygen atoms in total. The maximum atomic E-state index is 12.3. The van der Waals surface area contributed by atoms with Crippen LogP contribution in [0, 0.1) is 0 Å². The minimum atomic E-state index is -0.380. The van der Waals surface area contributed by atoms with Crippen LogP contribution in [0.25, 0.3) is 21.9 Å². The second-order valence-corrected chi connectivity index (χ2v) is 6.08. The highest BCUT2D eigenvalue weighted by molar-refractivity contribution is 9.10. The van der Waals surface area contributed by atoms with Crippen LogP contribution in [-0.2, 0) is 11.3 Å². The summed E-state index contributed by atoms with van der Waals surface area (Å²) in [6.07, 6.45) is 1.66. The summed E-state index contributed by atoms with van der Waals surface area (Å²) in [5, 5.41) is 0.828. The second-order valence-electron chi connectivity index (χ2n) is 5.17. The Morgan fingerprint density at radius 3 is 2.91 bits per heavy atom. The molecule has 2 N–H and O–H groups in total. The number of rotatable bonds is 3. The summed E-state index contributed by atoms with van der Waals surface area (Å²) < 4.78 is 6.29. The molecule has 0 fully saturated rings. The van der Waals surface area contributed by atoms with Gasteiger partial charge in [0.2, 0.25) is 0 Å². The number of aromatic amines is 2. The van der Waals surface area contributed by atoms with Crippen molar-refractivity contribution in [1.29, 1.82) is 0 Å². The number of fused-ring (bicyclic) bond motifs is 2. The van der Waals surface area contributed by atoms with Crippen LogP contribution in [-0.4, -0.2) is 20.9 Å². The minimum absolute atomic E-state index is 0.105. The van der Waals surface area contributed by atoms with Crippen LogP contribution in [0.5, 0.6) is 0 Å². The summed E-state index contributed by atoms with van der Waals surface area (Å²) in [6, 6.07) is 13.4. The van der Waals surface area contributed by atoms with E-state index in [9.17, 15) is 4.79 Å². The van der Waals surface area contributed by atoms with Crippen LogP contribution in [0.3, 0.4) is 0 Å². The van der Waals surface area contributed by atoms with E-state index in [-0.39, 0.29) is 12.6 Å². The number of halogens is 1. The van der Waals surface area contributed by atoms with Gasteiger partial charge in [-0.15, -0.1) is 0 Å². The van der Waals surface area contributed by atoms with E-state index in [2.05, 4.69) is 30.9 Å². The molecule has 0 unspecified atom stereocenters. The summed E-state index contributed by atoms with van der Waals surface area (Å²) in [6.45, 7) is 0.105. The van der Waals surface area contributed by atoms with Gasteiger partial charge in [-0.2, -0.15) is 0 Å². The quantitative estimate of drug-likeness (QED) is 0.532. The number of hydrogen-bond acceptors (Lipinski definition) is 3. The molecule has 2 aromatic heterocycles. The van der Waals surface area contributed by atoms with Gasteiger partial charge >= 0.3 is 5.97 Å². The standard InChI is InChI=1S/C17H12BrN3O2/c18-10-5-6-13-11(7-10)12(8-19-13)17(22)23-9-16-20-14-3-1-2-4-15(14)21-16/h1-8,19H,9H2,(H,20,21). The molecular formula is C17H12BrN3O2. The lowest BCUT2D eigenvalue weighted by Crippen LogP contribution is -2.05. The first kappa shape index (κ1) is 14.0. The molecule has 4 aromatic rings. The summed E-state index contributed by atoms with van der Waals surface area (Å²) in [5.41, 5.74) is 3.19. The number of imidazole rings is 1. The third kappa shape index (κ3) is 2.61. The zero-order valence-electron chi connectivity index (χ0n) is 12.0. The smallest absolute Gasteiger partial charge is 0.340 e. The number of nitrogens with one attached hydrogen (secondary N) is 2. The number of para-hydroxylation sites is 2. The number of benzene rings is 2. The molecule has 2 heterocycles. The Labute approximate surface area is 139 Å². The molecule has 0 saturated carbocycles. The van der Waals surface area contributed by atoms with Gasteiger partial charge < -0.3 is 14.7 Å². The molecule has 0 bridgehead atoms. The van der Waals surface area contributed by atoms with Gasteiger partial charge in [0.05, 0.1) is 16.6 Å². The molecule has 0 spiro atoms. The zero-order valence-corrected chi connectivity index (χ0v) is 13.6. The van der Waals surface area contributed by atoms with E-state index >= 15 is 0 Å². The first-order chi connectivity index (χ1) is 11.2. The average Bonchev–Trinajstić information content (AvgIpc) is 3.15. The fraction of sp³-hybridized carbons (Fsp3) is 0.0588. The second kappa shape index (κ2) is 5.55. The zero-order chi connectivity index (χ0) is 15.8. The minimum Gasteiger partial charge on any atom is -0.454 e. The van der Waals surface area contributed by atoms with Crippen LogP contribution in [0.1, 0.15) is 16.2 Å². The third-order valence-electron chi connectivity index (χ3n) is 3.64. The van der Waals surface area contributed by atoms with Crippen molar-refractivity contribution in [1.82, 2.24) is 15.0 Å². The van der Waals surface area contributed by atoms with E-state index in [1.54, 1.807) is 6.20 Å². The van der Waals surface area contributed by atoms with Gasteiger partial charge in [-0.3, -0.25) is 0 Å². The van der Waals surface area contributed by atoms with E-state index in [1.807, 2.05) is 42.5 Å². The van der Waals surface area contributed by atoms with Crippen molar-refractivity contribution in [2.75, 3.05) is 0 Å². The molecule has 0 amide bonds. The van der Waals surface area contributed by atoms with Crippen molar-refractivity contribution in [3.8, 4) is 0 Å². The molecule has 114 valence electrons. The van der Waals surface area contributed by atoms with E-state index < -0.39 is 0 Å². The molecule has 0 saturated heterocycles. The van der Waals surface area contributed by atoms with Crippen molar-refractivity contribution in [2.24, 2.45) is 0 Å². The van der Waals surface area contributed by atoms with Crippen LogP contribution < -0.4 is 0 Å². The van der Waals surface area contributed by atoms with Crippen LogP contribution >= 0.6 is 15.9 Å². The fourth-order valence-corrected chi connectivity index (χ4v) is 2.91. The van der Waals surface area contributed by atoms with Gasteiger partial charge in [-0.25, -0.2) is 9.78 Å². The van der Waals surface area contributed by atoms with E-state index in [0.717, 1.165) is 26.4 Å². The molecule has 0 radical (unpaired) electrons. The van der Waals surface area contributed by atoms with Crippen molar-refractivity contribution in [3.63, 3.8) is 0 Å². The van der Waals surface area contributed by atoms with Crippen molar-refractivity contribution < 1.29 is 9.53 Å². The van der Waals surface area contributed by atoms with Gasteiger partial charge in [-0.05, 0) is 30.3 Å². The lowest BCUT2D eigenvalue weighted by atomic mass is 10.2. The highest BCUT2D eigenvalue weighted by Crippen LogP contribution is 2.23. The van der Waals surface area contributed by atoms with Crippen molar-refractivity contribution in [3.05, 3.63) is 64.5 Å². The number of esters is 1. The third-order valence-corrected chi connectivity index (χ3v) is 4.14. The molecule has 6 heteroatoms. The van der Waals surface area contributed by atoms with Gasteiger partial charge in [0, 0.05) is 21.6 Å². The lowest BCUT2D eigenvalue weighted by Gasteiger charge is -2.02. The Morgan fingerprint density at radius 1 is 1.17 bits per heavy atom. The highest BCUT2D eigenvalue weighted by Gasteiger charge is 2.14. The highest BCUT2D eigenvalue weighted by atomic mass is 79.9. The molecule has 0 atom stereocenters. The maximum absolute atomic E-state index is 12.3.